The maximum Gasteiger partial charge on any atom is 0.339 e. The van der Waals surface area contributed by atoms with Gasteiger partial charge in [0, 0.05) is 0 Å². The molecule has 0 saturated carbocycles. The Labute approximate surface area is 140 Å². The van der Waals surface area contributed by atoms with E-state index in [0.717, 1.165) is 5.56 Å². The fourth-order valence-corrected chi connectivity index (χ4v) is 1.94. The number of benzene rings is 2. The first-order valence-corrected chi connectivity index (χ1v) is 7.36. The van der Waals surface area contributed by atoms with E-state index in [2.05, 4.69) is 0 Å². The summed E-state index contributed by atoms with van der Waals surface area (Å²) in [5.41, 5.74) is 6.33. The summed E-state index contributed by atoms with van der Waals surface area (Å²) in [5, 5.41) is 0. The second-order valence-electron chi connectivity index (χ2n) is 5.09. The molecular weight excluding hydrogens is 310 g/mol. The summed E-state index contributed by atoms with van der Waals surface area (Å²) in [6.07, 6.45) is -1.00. The van der Waals surface area contributed by atoms with Gasteiger partial charge in [-0.15, -0.1) is 0 Å². The predicted molar refractivity (Wildman–Crippen MR) is 87.8 cm³/mol. The minimum absolute atomic E-state index is 0.243. The van der Waals surface area contributed by atoms with Crippen molar-refractivity contribution in [3.8, 4) is 11.5 Å². The number of methoxy groups -OCH3 is 1. The molecule has 2 aromatic carbocycles. The minimum Gasteiger partial charge on any atom is -0.493 e. The lowest BCUT2D eigenvalue weighted by Crippen LogP contribution is -2.30. The number of ether oxygens (including phenoxy) is 3. The molecule has 0 heterocycles. The molecule has 0 aromatic heterocycles. The molecule has 126 valence electrons. The van der Waals surface area contributed by atoms with Gasteiger partial charge in [-0.3, -0.25) is 4.79 Å². The first-order valence-electron chi connectivity index (χ1n) is 7.36. The average molecular weight is 329 g/mol. The van der Waals surface area contributed by atoms with Crippen LogP contribution in [0.15, 0.2) is 48.5 Å². The van der Waals surface area contributed by atoms with Gasteiger partial charge in [0.15, 0.2) is 17.6 Å². The van der Waals surface area contributed by atoms with Gasteiger partial charge in [0.25, 0.3) is 5.91 Å². The quantitative estimate of drug-likeness (QED) is 0.788. The average Bonchev–Trinajstić information content (AvgIpc) is 2.60. The van der Waals surface area contributed by atoms with Crippen LogP contribution < -0.4 is 15.2 Å². The van der Waals surface area contributed by atoms with E-state index >= 15 is 0 Å². The molecule has 0 radical (unpaired) electrons. The van der Waals surface area contributed by atoms with Crippen molar-refractivity contribution in [2.45, 2.75) is 19.6 Å². The van der Waals surface area contributed by atoms with Crippen LogP contribution in [0.5, 0.6) is 11.5 Å². The highest BCUT2D eigenvalue weighted by atomic mass is 16.5. The van der Waals surface area contributed by atoms with Gasteiger partial charge in [0.1, 0.15) is 6.61 Å². The second kappa shape index (κ2) is 8.01. The predicted octanol–water partition coefficient (Wildman–Crippen LogP) is 2.30. The van der Waals surface area contributed by atoms with Crippen molar-refractivity contribution in [3.63, 3.8) is 0 Å². The maximum atomic E-state index is 12.0. The molecule has 0 fully saturated rings. The van der Waals surface area contributed by atoms with Crippen LogP contribution in [0.25, 0.3) is 0 Å². The molecule has 0 bridgehead atoms. The topological polar surface area (TPSA) is 87.9 Å². The minimum atomic E-state index is -1.00. The highest BCUT2D eigenvalue weighted by Gasteiger charge is 2.18. The van der Waals surface area contributed by atoms with Crippen molar-refractivity contribution in [2.24, 2.45) is 5.73 Å². The van der Waals surface area contributed by atoms with Gasteiger partial charge in [-0.1, -0.05) is 30.3 Å². The molecule has 0 unspecified atom stereocenters. The third kappa shape index (κ3) is 4.49. The third-order valence-corrected chi connectivity index (χ3v) is 3.32. The van der Waals surface area contributed by atoms with Crippen molar-refractivity contribution < 1.29 is 23.8 Å². The van der Waals surface area contributed by atoms with Crippen LogP contribution >= 0.6 is 0 Å². The normalized spacial score (nSPS) is 11.4. The highest BCUT2D eigenvalue weighted by Crippen LogP contribution is 2.29. The molecular formula is C18H19NO5. The van der Waals surface area contributed by atoms with Crippen LogP contribution in [0.2, 0.25) is 0 Å². The molecule has 0 spiro atoms. The summed E-state index contributed by atoms with van der Waals surface area (Å²) in [4.78, 5) is 23.0. The molecule has 1 atom stereocenters. The molecule has 0 aliphatic carbocycles. The van der Waals surface area contributed by atoms with E-state index in [1.54, 1.807) is 12.1 Å². The number of rotatable bonds is 7. The molecule has 2 aromatic rings. The van der Waals surface area contributed by atoms with Crippen molar-refractivity contribution in [2.75, 3.05) is 7.11 Å². The lowest BCUT2D eigenvalue weighted by Gasteiger charge is -2.13. The van der Waals surface area contributed by atoms with Gasteiger partial charge >= 0.3 is 5.97 Å². The number of primary amides is 1. The zero-order chi connectivity index (χ0) is 17.5. The van der Waals surface area contributed by atoms with Crippen molar-refractivity contribution in [1.29, 1.82) is 0 Å². The number of amides is 1. The van der Waals surface area contributed by atoms with E-state index < -0.39 is 18.0 Å². The molecule has 0 saturated heterocycles. The Hall–Kier alpha value is -3.02. The standard InChI is InChI=1S/C18H19NO5/c1-12(17(19)20)24-18(21)14-8-9-15(16(10-14)22-2)23-11-13-6-4-3-5-7-13/h3-10,12H,11H2,1-2H3,(H2,19,20)/t12-/m1/s1. The van der Waals surface area contributed by atoms with Gasteiger partial charge in [-0.2, -0.15) is 0 Å². The number of esters is 1. The van der Waals surface area contributed by atoms with E-state index in [-0.39, 0.29) is 5.56 Å². The Morgan fingerprint density at radius 3 is 2.42 bits per heavy atom. The Bertz CT molecular complexity index is 715. The molecule has 0 aliphatic rings. The van der Waals surface area contributed by atoms with Crippen LogP contribution in [0, 0.1) is 0 Å². The third-order valence-electron chi connectivity index (χ3n) is 3.32. The number of carbonyl (C=O) groups is 2. The van der Waals surface area contributed by atoms with Crippen molar-refractivity contribution in [1.82, 2.24) is 0 Å². The molecule has 6 heteroatoms. The number of nitrogens with two attached hydrogens (primary N) is 1. The first kappa shape index (κ1) is 17.3. The highest BCUT2D eigenvalue weighted by molar-refractivity contribution is 5.92. The van der Waals surface area contributed by atoms with E-state index in [1.807, 2.05) is 30.3 Å². The Morgan fingerprint density at radius 2 is 1.79 bits per heavy atom. The van der Waals surface area contributed by atoms with Crippen LogP contribution in [0.3, 0.4) is 0 Å². The number of hydrogen-bond donors (Lipinski definition) is 1. The SMILES string of the molecule is COc1cc(C(=O)O[C@H](C)C(N)=O)ccc1OCc1ccccc1. The summed E-state index contributed by atoms with van der Waals surface area (Å²) in [5.74, 6) is -0.472. The lowest BCUT2D eigenvalue weighted by atomic mass is 10.2. The van der Waals surface area contributed by atoms with Gasteiger partial charge in [-0.05, 0) is 30.7 Å². The Kier molecular flexibility index (Phi) is 5.78. The Morgan fingerprint density at radius 1 is 1.08 bits per heavy atom. The van der Waals surface area contributed by atoms with Crippen LogP contribution in [-0.2, 0) is 16.1 Å². The summed E-state index contributed by atoms with van der Waals surface area (Å²) in [6, 6.07) is 14.3. The fraction of sp³-hybridized carbons (Fsp3) is 0.222. The Balaban J connectivity index is 2.09. The molecule has 24 heavy (non-hydrogen) atoms. The van der Waals surface area contributed by atoms with Crippen molar-refractivity contribution in [3.05, 3.63) is 59.7 Å². The smallest absolute Gasteiger partial charge is 0.339 e. The summed E-state index contributed by atoms with van der Waals surface area (Å²) >= 11 is 0. The molecule has 6 nitrogen and oxygen atoms in total. The van der Waals surface area contributed by atoms with Gasteiger partial charge in [0.2, 0.25) is 0 Å². The molecule has 1 amide bonds. The summed E-state index contributed by atoms with van der Waals surface area (Å²) in [7, 11) is 1.48. The van der Waals surface area contributed by atoms with E-state index in [0.29, 0.717) is 18.1 Å². The molecule has 2 rings (SSSR count). The van der Waals surface area contributed by atoms with Crippen molar-refractivity contribution >= 4 is 11.9 Å². The second-order valence-corrected chi connectivity index (χ2v) is 5.09. The summed E-state index contributed by atoms with van der Waals surface area (Å²) in [6.45, 7) is 1.79. The fourth-order valence-electron chi connectivity index (χ4n) is 1.94. The van der Waals surface area contributed by atoms with E-state index in [9.17, 15) is 9.59 Å². The van der Waals surface area contributed by atoms with Gasteiger partial charge < -0.3 is 19.9 Å². The van der Waals surface area contributed by atoms with Crippen LogP contribution in [0.4, 0.5) is 0 Å². The lowest BCUT2D eigenvalue weighted by molar-refractivity contribution is -0.125. The molecule has 0 aliphatic heterocycles. The number of carbonyl (C=O) groups excluding carboxylic acids is 2. The summed E-state index contributed by atoms with van der Waals surface area (Å²) < 4.78 is 15.9. The largest absolute Gasteiger partial charge is 0.493 e. The van der Waals surface area contributed by atoms with Gasteiger partial charge in [-0.25, -0.2) is 4.79 Å². The van der Waals surface area contributed by atoms with Crippen LogP contribution in [-0.4, -0.2) is 25.1 Å². The maximum absolute atomic E-state index is 12.0. The van der Waals surface area contributed by atoms with E-state index in [4.69, 9.17) is 19.9 Å². The number of hydrogen-bond acceptors (Lipinski definition) is 5. The first-order chi connectivity index (χ1) is 11.5. The monoisotopic (exact) mass is 329 g/mol. The van der Waals surface area contributed by atoms with E-state index in [1.165, 1.54) is 20.1 Å². The zero-order valence-corrected chi connectivity index (χ0v) is 13.5. The van der Waals surface area contributed by atoms with Crippen LogP contribution in [0.1, 0.15) is 22.8 Å². The molecule has 2 N–H and O–H groups in total. The zero-order valence-electron chi connectivity index (χ0n) is 13.5. The van der Waals surface area contributed by atoms with Gasteiger partial charge in [0.05, 0.1) is 12.7 Å².